The van der Waals surface area contributed by atoms with Gasteiger partial charge in [-0.05, 0) is 61.9 Å². The molecule has 37 heavy (non-hydrogen) atoms. The number of carbonyl (C=O) groups excluding carboxylic acids is 1. The Morgan fingerprint density at radius 3 is 2.11 bits per heavy atom. The molecule has 0 atom stereocenters. The van der Waals surface area contributed by atoms with Gasteiger partial charge in [0.2, 0.25) is 0 Å². The number of nitrogens with one attached hydrogen (secondary N) is 1. The highest BCUT2D eigenvalue weighted by Crippen LogP contribution is 2.42. The summed E-state index contributed by atoms with van der Waals surface area (Å²) in [7, 11) is 0. The molecule has 1 aliphatic heterocycles. The maximum atomic E-state index is 15.2. The molecule has 1 amide bonds. The molecule has 0 saturated carbocycles. The normalized spacial score (nSPS) is 14.5. The third-order valence-electron chi connectivity index (χ3n) is 7.32. The summed E-state index contributed by atoms with van der Waals surface area (Å²) < 4.78 is 20.2. The molecule has 5 rings (SSSR count). The SMILES string of the molecule is Cc1noc(C)c1C(=O)Nc1ccc(N2CCC(C(O)(c3ccccc3)c3ccccc3)CC2)c(F)c1. The molecular formula is C30H30FN3O3. The number of aliphatic hydroxyl groups is 1. The first-order chi connectivity index (χ1) is 17.9. The first kappa shape index (κ1) is 24.7. The van der Waals surface area contributed by atoms with E-state index >= 15 is 4.39 Å². The number of benzene rings is 3. The smallest absolute Gasteiger partial charge is 0.261 e. The van der Waals surface area contributed by atoms with Gasteiger partial charge in [0.25, 0.3) is 5.91 Å². The summed E-state index contributed by atoms with van der Waals surface area (Å²) in [6, 6.07) is 24.3. The minimum Gasteiger partial charge on any atom is -0.380 e. The van der Waals surface area contributed by atoms with Gasteiger partial charge in [0.05, 0.1) is 11.4 Å². The number of hydrogen-bond donors (Lipinski definition) is 2. The fraction of sp³-hybridized carbons (Fsp3) is 0.267. The lowest BCUT2D eigenvalue weighted by atomic mass is 9.72. The fourth-order valence-electron chi connectivity index (χ4n) is 5.40. The summed E-state index contributed by atoms with van der Waals surface area (Å²) in [6.45, 7) is 4.57. The van der Waals surface area contributed by atoms with Gasteiger partial charge in [0, 0.05) is 18.8 Å². The van der Waals surface area contributed by atoms with E-state index in [0.29, 0.717) is 54.3 Å². The summed E-state index contributed by atoms with van der Waals surface area (Å²) >= 11 is 0. The molecule has 0 spiro atoms. The lowest BCUT2D eigenvalue weighted by Crippen LogP contribution is -2.44. The van der Waals surface area contributed by atoms with Crippen molar-refractivity contribution in [2.24, 2.45) is 5.92 Å². The maximum Gasteiger partial charge on any atom is 0.261 e. The summed E-state index contributed by atoms with van der Waals surface area (Å²) in [4.78, 5) is 14.6. The average molecular weight is 500 g/mol. The lowest BCUT2D eigenvalue weighted by Gasteiger charge is -2.43. The van der Waals surface area contributed by atoms with E-state index < -0.39 is 11.4 Å². The van der Waals surface area contributed by atoms with E-state index in [0.717, 1.165) is 11.1 Å². The molecule has 2 N–H and O–H groups in total. The monoisotopic (exact) mass is 499 g/mol. The van der Waals surface area contributed by atoms with Crippen molar-refractivity contribution in [3.05, 3.63) is 113 Å². The van der Waals surface area contributed by atoms with Gasteiger partial charge in [-0.3, -0.25) is 4.79 Å². The number of aromatic nitrogens is 1. The number of halogens is 1. The Balaban J connectivity index is 1.31. The molecule has 7 heteroatoms. The molecule has 2 heterocycles. The first-order valence-corrected chi connectivity index (χ1v) is 12.5. The molecule has 1 fully saturated rings. The Morgan fingerprint density at radius 1 is 1.00 bits per heavy atom. The van der Waals surface area contributed by atoms with Crippen LogP contribution < -0.4 is 10.2 Å². The highest BCUT2D eigenvalue weighted by atomic mass is 19.1. The van der Waals surface area contributed by atoms with Gasteiger partial charge in [0.1, 0.15) is 22.7 Å². The van der Waals surface area contributed by atoms with Gasteiger partial charge in [-0.15, -0.1) is 0 Å². The van der Waals surface area contributed by atoms with Crippen molar-refractivity contribution in [3.8, 4) is 0 Å². The molecule has 0 radical (unpaired) electrons. The second kappa shape index (κ2) is 10.2. The minimum atomic E-state index is -1.13. The quantitative estimate of drug-likeness (QED) is 0.349. The zero-order valence-corrected chi connectivity index (χ0v) is 20.9. The van der Waals surface area contributed by atoms with Crippen molar-refractivity contribution < 1.29 is 18.8 Å². The number of rotatable bonds is 6. The van der Waals surface area contributed by atoms with Crippen LogP contribution in [0.2, 0.25) is 0 Å². The van der Waals surface area contributed by atoms with E-state index in [1.807, 2.05) is 65.6 Å². The van der Waals surface area contributed by atoms with Gasteiger partial charge < -0.3 is 19.8 Å². The van der Waals surface area contributed by atoms with Crippen LogP contribution in [0.3, 0.4) is 0 Å². The van der Waals surface area contributed by atoms with Crippen molar-refractivity contribution in [1.82, 2.24) is 5.16 Å². The summed E-state index contributed by atoms with van der Waals surface area (Å²) in [5.74, 6) is -0.395. The number of nitrogens with zero attached hydrogens (tertiary/aromatic N) is 2. The molecular weight excluding hydrogens is 469 g/mol. The highest BCUT2D eigenvalue weighted by Gasteiger charge is 2.41. The maximum absolute atomic E-state index is 15.2. The van der Waals surface area contributed by atoms with E-state index in [1.54, 1.807) is 26.0 Å². The number of aryl methyl sites for hydroxylation is 2. The number of amides is 1. The van der Waals surface area contributed by atoms with Crippen molar-refractivity contribution in [2.45, 2.75) is 32.3 Å². The third kappa shape index (κ3) is 4.74. The Bertz CT molecular complexity index is 1320. The molecule has 0 unspecified atom stereocenters. The lowest BCUT2D eigenvalue weighted by molar-refractivity contribution is 0.00502. The summed E-state index contributed by atoms with van der Waals surface area (Å²) in [5, 5.41) is 18.6. The van der Waals surface area contributed by atoms with Gasteiger partial charge in [-0.2, -0.15) is 0 Å². The van der Waals surface area contributed by atoms with E-state index in [9.17, 15) is 9.90 Å². The Labute approximate surface area is 215 Å². The van der Waals surface area contributed by atoms with Crippen molar-refractivity contribution in [3.63, 3.8) is 0 Å². The number of anilines is 2. The van der Waals surface area contributed by atoms with Crippen LogP contribution in [0.4, 0.5) is 15.8 Å². The average Bonchev–Trinajstić information content (AvgIpc) is 3.27. The van der Waals surface area contributed by atoms with Gasteiger partial charge in [0.15, 0.2) is 0 Å². The third-order valence-corrected chi connectivity index (χ3v) is 7.32. The molecule has 1 aliphatic rings. The van der Waals surface area contributed by atoms with Crippen LogP contribution in [0, 0.1) is 25.6 Å². The second-order valence-corrected chi connectivity index (χ2v) is 9.58. The van der Waals surface area contributed by atoms with Crippen LogP contribution >= 0.6 is 0 Å². The van der Waals surface area contributed by atoms with Gasteiger partial charge in [-0.1, -0.05) is 65.8 Å². The molecule has 1 aromatic heterocycles. The van der Waals surface area contributed by atoms with Crippen LogP contribution in [0.15, 0.2) is 83.4 Å². The second-order valence-electron chi connectivity index (χ2n) is 9.58. The first-order valence-electron chi connectivity index (χ1n) is 12.5. The van der Waals surface area contributed by atoms with Crippen LogP contribution in [0.25, 0.3) is 0 Å². The van der Waals surface area contributed by atoms with Crippen molar-refractivity contribution in [1.29, 1.82) is 0 Å². The predicted molar refractivity (Wildman–Crippen MR) is 141 cm³/mol. The van der Waals surface area contributed by atoms with Crippen molar-refractivity contribution >= 4 is 17.3 Å². The molecule has 0 aliphatic carbocycles. The number of carbonyl (C=O) groups is 1. The van der Waals surface area contributed by atoms with Gasteiger partial charge in [-0.25, -0.2) is 4.39 Å². The zero-order valence-electron chi connectivity index (χ0n) is 20.9. The zero-order chi connectivity index (χ0) is 26.0. The fourth-order valence-corrected chi connectivity index (χ4v) is 5.40. The summed E-state index contributed by atoms with van der Waals surface area (Å²) in [6.07, 6.45) is 1.40. The molecule has 6 nitrogen and oxygen atoms in total. The standard InChI is InChI=1S/C30H30FN3O3/c1-20-28(21(2)37-33-20)29(35)32-25-13-14-27(26(31)19-25)34-17-15-24(16-18-34)30(36,22-9-5-3-6-10-22)23-11-7-4-8-12-23/h3-14,19,24,36H,15-18H2,1-2H3,(H,32,35). The highest BCUT2D eigenvalue weighted by molar-refractivity contribution is 6.05. The van der Waals surface area contributed by atoms with Crippen molar-refractivity contribution in [2.75, 3.05) is 23.3 Å². The van der Waals surface area contributed by atoms with E-state index in [4.69, 9.17) is 4.52 Å². The van der Waals surface area contributed by atoms with E-state index in [1.165, 1.54) is 6.07 Å². The number of piperidine rings is 1. The van der Waals surface area contributed by atoms with E-state index in [-0.39, 0.29) is 11.8 Å². The molecule has 1 saturated heterocycles. The predicted octanol–water partition coefficient (Wildman–Crippen LogP) is 5.84. The topological polar surface area (TPSA) is 78.6 Å². The van der Waals surface area contributed by atoms with Gasteiger partial charge >= 0.3 is 0 Å². The molecule has 0 bridgehead atoms. The largest absolute Gasteiger partial charge is 0.380 e. The minimum absolute atomic E-state index is 0.0229. The Hall–Kier alpha value is -3.97. The van der Waals surface area contributed by atoms with E-state index in [2.05, 4.69) is 10.5 Å². The Kier molecular flexibility index (Phi) is 6.80. The summed E-state index contributed by atoms with van der Waals surface area (Å²) in [5.41, 5.74) is 2.30. The molecule has 190 valence electrons. The van der Waals surface area contributed by atoms with Crippen LogP contribution in [0.1, 0.15) is 45.8 Å². The number of hydrogen-bond acceptors (Lipinski definition) is 5. The Morgan fingerprint density at radius 2 is 1.59 bits per heavy atom. The van der Waals surface area contributed by atoms with Crippen LogP contribution in [-0.2, 0) is 5.60 Å². The molecule has 4 aromatic rings. The van der Waals surface area contributed by atoms with Crippen LogP contribution in [0.5, 0.6) is 0 Å². The molecule has 3 aromatic carbocycles. The van der Waals surface area contributed by atoms with Crippen LogP contribution in [-0.4, -0.2) is 29.3 Å².